The van der Waals surface area contributed by atoms with Gasteiger partial charge < -0.3 is 4.29 Å². The van der Waals surface area contributed by atoms with Crippen molar-refractivity contribution in [1.82, 2.24) is 0 Å². The zero-order valence-electron chi connectivity index (χ0n) is 15.9. The Kier molecular flexibility index (Phi) is 5.92. The third-order valence-electron chi connectivity index (χ3n) is 4.90. The van der Waals surface area contributed by atoms with Gasteiger partial charge >= 0.3 is 0 Å². The molecule has 0 bridgehead atoms. The summed E-state index contributed by atoms with van der Waals surface area (Å²) in [7, 11) is 1.65. The molecule has 0 spiro atoms. The molecule has 0 saturated carbocycles. The maximum Gasteiger partial charge on any atom is 0.146 e. The molecule has 0 amide bonds. The zero-order valence-corrected chi connectivity index (χ0v) is 16.7. The summed E-state index contributed by atoms with van der Waals surface area (Å²) in [6.45, 7) is 8.01. The number of hydrogen-bond acceptors (Lipinski definition) is 3. The quantitative estimate of drug-likeness (QED) is 0.388. The molecule has 0 unspecified atom stereocenters. The lowest BCUT2D eigenvalue weighted by molar-refractivity contribution is 0.577. The van der Waals surface area contributed by atoms with Gasteiger partial charge in [0.05, 0.1) is 5.69 Å². The van der Waals surface area contributed by atoms with Crippen molar-refractivity contribution in [1.29, 1.82) is 0 Å². The summed E-state index contributed by atoms with van der Waals surface area (Å²) >= 11 is 5.54. The van der Waals surface area contributed by atoms with E-state index in [1.165, 1.54) is 16.7 Å². The van der Waals surface area contributed by atoms with Gasteiger partial charge in [-0.15, -0.1) is 0 Å². The van der Waals surface area contributed by atoms with Crippen molar-refractivity contribution in [3.8, 4) is 11.1 Å². The largest absolute Gasteiger partial charge is 0.386 e. The lowest BCUT2D eigenvalue weighted by atomic mass is 9.91. The number of azo groups is 1. The highest BCUT2D eigenvalue weighted by molar-refractivity contribution is 6.10. The Labute approximate surface area is 165 Å². The lowest BCUT2D eigenvalue weighted by Crippen LogP contribution is -1.93. The average Bonchev–Trinajstić information content (AvgIpc) is 2.69. The summed E-state index contributed by atoms with van der Waals surface area (Å²) in [5.74, 6) is 0.397. The van der Waals surface area contributed by atoms with Gasteiger partial charge in [-0.2, -0.15) is 10.2 Å². The van der Waals surface area contributed by atoms with Crippen LogP contribution in [-0.2, 0) is 4.29 Å². The molecule has 1 aliphatic rings. The third kappa shape index (κ3) is 4.04. The molecule has 0 heterocycles. The van der Waals surface area contributed by atoms with Crippen LogP contribution in [0.3, 0.4) is 0 Å². The fraction of sp³-hybridized carbons (Fsp3) is 0.217. The average molecular weight is 379 g/mol. The first-order valence-corrected chi connectivity index (χ1v) is 9.26. The van der Waals surface area contributed by atoms with Crippen molar-refractivity contribution in [2.45, 2.75) is 26.7 Å². The molecule has 0 aromatic heterocycles. The van der Waals surface area contributed by atoms with Crippen LogP contribution in [0.25, 0.3) is 22.5 Å². The molecule has 4 heteroatoms. The van der Waals surface area contributed by atoms with Crippen molar-refractivity contribution in [2.24, 2.45) is 10.2 Å². The van der Waals surface area contributed by atoms with E-state index in [1.807, 2.05) is 19.1 Å². The predicted molar refractivity (Wildman–Crippen MR) is 114 cm³/mol. The Morgan fingerprint density at radius 1 is 1.00 bits per heavy atom. The summed E-state index contributed by atoms with van der Waals surface area (Å²) < 4.78 is 4.84. The zero-order chi connectivity index (χ0) is 19.4. The molecule has 3 rings (SSSR count). The van der Waals surface area contributed by atoms with Gasteiger partial charge in [0.2, 0.25) is 0 Å². The summed E-state index contributed by atoms with van der Waals surface area (Å²) in [5.41, 5.74) is 8.54. The van der Waals surface area contributed by atoms with Gasteiger partial charge in [0, 0.05) is 12.6 Å². The third-order valence-corrected chi connectivity index (χ3v) is 5.09. The minimum Gasteiger partial charge on any atom is -0.386 e. The van der Waals surface area contributed by atoms with Gasteiger partial charge in [0.25, 0.3) is 0 Å². The molecule has 2 aromatic rings. The van der Waals surface area contributed by atoms with Crippen LogP contribution in [0.1, 0.15) is 36.5 Å². The van der Waals surface area contributed by atoms with Crippen LogP contribution in [0.15, 0.2) is 70.9 Å². The molecule has 27 heavy (non-hydrogen) atoms. The Balaban J connectivity index is 2.03. The Bertz CT molecular complexity index is 953. The molecule has 0 N–H and O–H groups in total. The number of allylic oxidation sites excluding steroid dienone is 4. The molecule has 2 aromatic carbocycles. The fourth-order valence-electron chi connectivity index (χ4n) is 3.39. The van der Waals surface area contributed by atoms with Gasteiger partial charge in [0.15, 0.2) is 0 Å². The minimum absolute atomic E-state index is 0.397. The van der Waals surface area contributed by atoms with E-state index in [0.29, 0.717) is 5.76 Å². The molecule has 0 atom stereocenters. The molecule has 0 saturated heterocycles. The molecule has 1 aliphatic carbocycles. The Morgan fingerprint density at radius 2 is 1.67 bits per heavy atom. The summed E-state index contributed by atoms with van der Waals surface area (Å²) in [6.07, 6.45) is 6.84. The van der Waals surface area contributed by atoms with E-state index in [0.717, 1.165) is 40.8 Å². The second-order valence-electron chi connectivity index (χ2n) is 6.63. The number of halogens is 1. The van der Waals surface area contributed by atoms with Gasteiger partial charge in [-0.3, -0.25) is 0 Å². The van der Waals surface area contributed by atoms with Crippen LogP contribution in [0.5, 0.6) is 0 Å². The van der Waals surface area contributed by atoms with E-state index in [9.17, 15) is 0 Å². The molecule has 138 valence electrons. The van der Waals surface area contributed by atoms with E-state index in [4.69, 9.17) is 16.2 Å². The van der Waals surface area contributed by atoms with Crippen LogP contribution in [0.4, 0.5) is 5.69 Å². The van der Waals surface area contributed by atoms with Crippen LogP contribution in [0.2, 0.25) is 0 Å². The van der Waals surface area contributed by atoms with Gasteiger partial charge in [-0.1, -0.05) is 43.0 Å². The Hall–Kier alpha value is -2.65. The normalized spacial score (nSPS) is 14.1. The first-order chi connectivity index (χ1) is 13.0. The molecule has 0 fully saturated rings. The van der Waals surface area contributed by atoms with Crippen LogP contribution in [-0.4, -0.2) is 7.05 Å². The molecule has 0 radical (unpaired) electrons. The topological polar surface area (TPSA) is 34.0 Å². The number of benzene rings is 2. The number of hydrogen-bond donors (Lipinski definition) is 0. The monoisotopic (exact) mass is 378 g/mol. The smallest absolute Gasteiger partial charge is 0.146 e. The first kappa shape index (κ1) is 19.1. The minimum atomic E-state index is 0.397. The van der Waals surface area contributed by atoms with Crippen molar-refractivity contribution in [2.75, 3.05) is 7.05 Å². The van der Waals surface area contributed by atoms with Crippen molar-refractivity contribution in [3.05, 3.63) is 77.4 Å². The number of rotatable bonds is 5. The lowest BCUT2D eigenvalue weighted by Gasteiger charge is -2.15. The van der Waals surface area contributed by atoms with Gasteiger partial charge in [-0.25, -0.2) is 0 Å². The van der Waals surface area contributed by atoms with Crippen molar-refractivity contribution in [3.63, 3.8) is 0 Å². The van der Waals surface area contributed by atoms with Gasteiger partial charge in [0.1, 0.15) is 17.6 Å². The van der Waals surface area contributed by atoms with Crippen molar-refractivity contribution >= 4 is 28.9 Å². The van der Waals surface area contributed by atoms with E-state index in [-0.39, 0.29) is 0 Å². The SMILES string of the molecule is C=C(OCl)c1cc(-c2ccc(C3=CCCC=C3C)cc2)cc(N=NC)c1C. The fourth-order valence-corrected chi connectivity index (χ4v) is 3.48. The van der Waals surface area contributed by atoms with Crippen LogP contribution >= 0.6 is 11.9 Å². The van der Waals surface area contributed by atoms with Crippen LogP contribution < -0.4 is 0 Å². The predicted octanol–water partition coefficient (Wildman–Crippen LogP) is 7.64. The summed E-state index contributed by atoms with van der Waals surface area (Å²) in [5, 5.41) is 8.16. The highest BCUT2D eigenvalue weighted by Gasteiger charge is 2.13. The number of nitrogens with zero attached hydrogens (tertiary/aromatic N) is 2. The Morgan fingerprint density at radius 3 is 2.30 bits per heavy atom. The summed E-state index contributed by atoms with van der Waals surface area (Å²) in [4.78, 5) is 0. The molecule has 0 aliphatic heterocycles. The molecule has 3 nitrogen and oxygen atoms in total. The molecular formula is C23H23ClN2O. The van der Waals surface area contributed by atoms with Crippen molar-refractivity contribution < 1.29 is 4.29 Å². The van der Waals surface area contributed by atoms with Gasteiger partial charge in [-0.05, 0) is 72.2 Å². The van der Waals surface area contributed by atoms with E-state index in [1.54, 1.807) is 7.05 Å². The summed E-state index contributed by atoms with van der Waals surface area (Å²) in [6, 6.07) is 12.6. The van der Waals surface area contributed by atoms with E-state index >= 15 is 0 Å². The van der Waals surface area contributed by atoms with E-state index in [2.05, 4.69) is 60.1 Å². The highest BCUT2D eigenvalue weighted by atomic mass is 35.5. The highest BCUT2D eigenvalue weighted by Crippen LogP contribution is 2.35. The van der Waals surface area contributed by atoms with E-state index < -0.39 is 0 Å². The second-order valence-corrected chi connectivity index (χ2v) is 6.78. The maximum absolute atomic E-state index is 5.54. The second kappa shape index (κ2) is 8.36. The maximum atomic E-state index is 5.54. The standard InChI is InChI=1S/C23H23ClN2O/c1-15-7-5-6-8-21(15)19-11-9-18(10-12-19)20-13-22(17(3)27-24)16(2)23(14-20)26-25-4/h7-14H,3,5-6H2,1-2,4H3. The molecular weight excluding hydrogens is 356 g/mol. The first-order valence-electron chi connectivity index (χ1n) is 8.95. The van der Waals surface area contributed by atoms with Crippen LogP contribution in [0, 0.1) is 6.92 Å².